The third-order valence-electron chi connectivity index (χ3n) is 2.30. The van der Waals surface area contributed by atoms with Gasteiger partial charge in [-0.25, -0.2) is 0 Å². The molecule has 0 atom stereocenters. The molecule has 0 fully saturated rings. The van der Waals surface area contributed by atoms with Gasteiger partial charge in [0.05, 0.1) is 0 Å². The summed E-state index contributed by atoms with van der Waals surface area (Å²) in [6.07, 6.45) is 8.35. The van der Waals surface area contributed by atoms with Crippen molar-refractivity contribution in [2.45, 2.75) is 0 Å². The van der Waals surface area contributed by atoms with E-state index in [-0.39, 0.29) is 19.6 Å². The van der Waals surface area contributed by atoms with Crippen molar-refractivity contribution in [2.75, 3.05) is 19.6 Å². The van der Waals surface area contributed by atoms with Gasteiger partial charge in [-0.2, -0.15) is 0 Å². The van der Waals surface area contributed by atoms with Gasteiger partial charge in [0.2, 0.25) is 0 Å². The lowest BCUT2D eigenvalue weighted by Crippen LogP contribution is -2.22. The first kappa shape index (κ1) is 16.1. The molecule has 0 aromatic heterocycles. The molecule has 0 radical (unpaired) electrons. The minimum atomic E-state index is -1.08. The van der Waals surface area contributed by atoms with E-state index in [1.54, 1.807) is 0 Å². The first-order valence-corrected chi connectivity index (χ1v) is 5.84. The van der Waals surface area contributed by atoms with E-state index in [0.717, 1.165) is 0 Å². The van der Waals surface area contributed by atoms with E-state index < -0.39 is 17.9 Å². The molecule has 0 bridgehead atoms. The second-order valence-electron chi connectivity index (χ2n) is 4.09. The highest BCUT2D eigenvalue weighted by Gasteiger charge is 2.09. The molecule has 1 aliphatic rings. The molecule has 0 aromatic carbocycles. The van der Waals surface area contributed by atoms with Crippen LogP contribution in [0.2, 0.25) is 0 Å². The molecular formula is C12H15N3O6. The minimum absolute atomic E-state index is 0.338. The largest absolute Gasteiger partial charge is 0.480 e. The number of carboxylic acid groups (broad SMARTS) is 3. The smallest absolute Gasteiger partial charge is 0.323 e. The molecule has 3 N–H and O–H groups in total. The van der Waals surface area contributed by atoms with Crippen LogP contribution in [0.3, 0.4) is 0 Å². The van der Waals surface area contributed by atoms with Crippen LogP contribution in [-0.2, 0) is 14.4 Å². The van der Waals surface area contributed by atoms with Crippen LogP contribution < -0.4 is 0 Å². The van der Waals surface area contributed by atoms with Gasteiger partial charge in [-0.1, -0.05) is 0 Å². The van der Waals surface area contributed by atoms with E-state index in [9.17, 15) is 14.4 Å². The topological polar surface area (TPSA) is 122 Å². The molecule has 9 nitrogen and oxygen atoms in total. The summed E-state index contributed by atoms with van der Waals surface area (Å²) in [6.45, 7) is -1.02. The van der Waals surface area contributed by atoms with Crippen LogP contribution in [0.4, 0.5) is 0 Å². The average Bonchev–Trinajstić information content (AvgIpc) is 2.42. The van der Waals surface area contributed by atoms with Gasteiger partial charge in [0, 0.05) is 37.2 Å². The lowest BCUT2D eigenvalue weighted by atomic mass is 10.5. The maximum absolute atomic E-state index is 10.7. The van der Waals surface area contributed by atoms with E-state index in [1.807, 2.05) is 0 Å². The zero-order valence-corrected chi connectivity index (χ0v) is 11.0. The quantitative estimate of drug-likeness (QED) is 0.599. The molecule has 0 saturated carbocycles. The second kappa shape index (κ2) is 7.58. The number of hydrogen-bond acceptors (Lipinski definition) is 6. The molecule has 0 unspecified atom stereocenters. The fourth-order valence-corrected chi connectivity index (χ4v) is 1.45. The normalized spacial score (nSPS) is 19.1. The summed E-state index contributed by atoms with van der Waals surface area (Å²) in [5.74, 6) is -3.23. The standard InChI is InChI=1S/C12H15N3O6/c16-10(17)7-13-1-2-14(8-11(18)19)5-6-15(4-3-13)9-12(20)21/h1-6H,7-9H2,(H,16,17)(H,18,19)(H,20,21)/b2-1-,4-3-,6-5-. The van der Waals surface area contributed by atoms with Crippen LogP contribution in [-0.4, -0.2) is 67.6 Å². The van der Waals surface area contributed by atoms with Crippen LogP contribution >= 0.6 is 0 Å². The molecular weight excluding hydrogens is 282 g/mol. The van der Waals surface area contributed by atoms with Gasteiger partial charge in [-0.05, 0) is 0 Å². The Bertz CT molecular complexity index is 410. The van der Waals surface area contributed by atoms with Crippen molar-refractivity contribution in [3.8, 4) is 0 Å². The maximum atomic E-state index is 10.7. The zero-order valence-electron chi connectivity index (χ0n) is 11.0. The van der Waals surface area contributed by atoms with Gasteiger partial charge in [-0.3, -0.25) is 14.4 Å². The highest BCUT2D eigenvalue weighted by molar-refractivity contribution is 5.70. The fourth-order valence-electron chi connectivity index (χ4n) is 1.45. The van der Waals surface area contributed by atoms with Gasteiger partial charge >= 0.3 is 17.9 Å². The van der Waals surface area contributed by atoms with E-state index in [0.29, 0.717) is 0 Å². The zero-order chi connectivity index (χ0) is 15.8. The van der Waals surface area contributed by atoms with Crippen molar-refractivity contribution >= 4 is 17.9 Å². The van der Waals surface area contributed by atoms with E-state index in [2.05, 4.69) is 0 Å². The summed E-state index contributed by atoms with van der Waals surface area (Å²) < 4.78 is 0. The molecule has 21 heavy (non-hydrogen) atoms. The summed E-state index contributed by atoms with van der Waals surface area (Å²) in [5.41, 5.74) is 0. The first-order valence-electron chi connectivity index (χ1n) is 5.84. The molecule has 1 aliphatic heterocycles. The maximum Gasteiger partial charge on any atom is 0.323 e. The predicted octanol–water partition coefficient (Wildman–Crippen LogP) is -0.427. The fraction of sp³-hybridized carbons (Fsp3) is 0.250. The number of nitrogens with zero attached hydrogens (tertiary/aromatic N) is 3. The van der Waals surface area contributed by atoms with Crippen LogP contribution in [0.1, 0.15) is 0 Å². The minimum Gasteiger partial charge on any atom is -0.480 e. The Labute approximate surface area is 120 Å². The van der Waals surface area contributed by atoms with Crippen LogP contribution in [0, 0.1) is 0 Å². The van der Waals surface area contributed by atoms with Gasteiger partial charge in [0.1, 0.15) is 19.6 Å². The number of carbonyl (C=O) groups is 3. The van der Waals surface area contributed by atoms with Crippen LogP contribution in [0.25, 0.3) is 0 Å². The van der Waals surface area contributed by atoms with Crippen molar-refractivity contribution in [3.63, 3.8) is 0 Å². The van der Waals surface area contributed by atoms with Gasteiger partial charge in [-0.15, -0.1) is 0 Å². The molecule has 1 heterocycles. The molecule has 0 saturated heterocycles. The molecule has 0 amide bonds. The molecule has 0 aliphatic carbocycles. The van der Waals surface area contributed by atoms with Crippen molar-refractivity contribution in [3.05, 3.63) is 37.2 Å². The van der Waals surface area contributed by atoms with Crippen LogP contribution in [0.15, 0.2) is 37.2 Å². The molecule has 0 spiro atoms. The molecule has 9 heteroatoms. The Morgan fingerprint density at radius 3 is 0.905 bits per heavy atom. The third-order valence-corrected chi connectivity index (χ3v) is 2.30. The van der Waals surface area contributed by atoms with Crippen molar-refractivity contribution in [2.24, 2.45) is 0 Å². The Kier molecular flexibility index (Phi) is 5.80. The average molecular weight is 297 g/mol. The van der Waals surface area contributed by atoms with Crippen LogP contribution in [0.5, 0.6) is 0 Å². The number of carboxylic acids is 3. The van der Waals surface area contributed by atoms with E-state index in [1.165, 1.54) is 51.9 Å². The molecule has 1 rings (SSSR count). The highest BCUT2D eigenvalue weighted by Crippen LogP contribution is 2.04. The van der Waals surface area contributed by atoms with E-state index >= 15 is 0 Å². The third kappa shape index (κ3) is 6.66. The van der Waals surface area contributed by atoms with Crippen molar-refractivity contribution in [1.82, 2.24) is 14.7 Å². The highest BCUT2D eigenvalue weighted by atomic mass is 16.4. The van der Waals surface area contributed by atoms with E-state index in [4.69, 9.17) is 15.3 Å². The molecule has 114 valence electrons. The summed E-state index contributed by atoms with van der Waals surface area (Å²) in [4.78, 5) is 36.1. The molecule has 0 aromatic rings. The summed E-state index contributed by atoms with van der Waals surface area (Å²) in [5, 5.41) is 26.3. The Morgan fingerprint density at radius 1 is 0.571 bits per heavy atom. The van der Waals surface area contributed by atoms with Crippen molar-refractivity contribution < 1.29 is 29.7 Å². The lowest BCUT2D eigenvalue weighted by Gasteiger charge is -2.15. The predicted molar refractivity (Wildman–Crippen MR) is 70.4 cm³/mol. The Hall–Kier alpha value is -2.97. The SMILES string of the molecule is O=C(O)CN1/C=C\N(CC(=O)O)/C=C\N(CC(=O)O)/C=C\1. The number of aliphatic carboxylic acids is 3. The number of rotatable bonds is 6. The summed E-state index contributed by atoms with van der Waals surface area (Å²) in [6, 6.07) is 0. The first-order chi connectivity index (χ1) is 9.86. The monoisotopic (exact) mass is 297 g/mol. The van der Waals surface area contributed by atoms with Crippen molar-refractivity contribution in [1.29, 1.82) is 0 Å². The summed E-state index contributed by atoms with van der Waals surface area (Å²) >= 11 is 0. The van der Waals surface area contributed by atoms with Gasteiger partial charge in [0.15, 0.2) is 0 Å². The summed E-state index contributed by atoms with van der Waals surface area (Å²) in [7, 11) is 0. The lowest BCUT2D eigenvalue weighted by molar-refractivity contribution is -0.138. The van der Waals surface area contributed by atoms with Gasteiger partial charge < -0.3 is 30.0 Å². The Balaban J connectivity index is 2.95. The second-order valence-corrected chi connectivity index (χ2v) is 4.09. The van der Waals surface area contributed by atoms with Gasteiger partial charge in [0.25, 0.3) is 0 Å². The Morgan fingerprint density at radius 2 is 0.762 bits per heavy atom. The number of hydrogen-bond donors (Lipinski definition) is 3.